The minimum atomic E-state index is -0.253. The summed E-state index contributed by atoms with van der Waals surface area (Å²) in [5, 5.41) is 20.6. The molecule has 30 heavy (non-hydrogen) atoms. The summed E-state index contributed by atoms with van der Waals surface area (Å²) in [6.07, 6.45) is 9.61. The van der Waals surface area contributed by atoms with E-state index < -0.39 is 0 Å². The van der Waals surface area contributed by atoms with E-state index in [-0.39, 0.29) is 35.5 Å². The molecule has 4 rings (SSSR count). The van der Waals surface area contributed by atoms with Crippen LogP contribution >= 0.6 is 0 Å². The molecule has 3 aliphatic carbocycles. The number of aliphatic hydroxyl groups is 2. The summed E-state index contributed by atoms with van der Waals surface area (Å²) in [4.78, 5) is 2.44. The lowest BCUT2D eigenvalue weighted by Crippen LogP contribution is -2.57. The molecule has 1 heterocycles. The fraction of sp³-hybridized carbons (Fsp3) is 0.923. The normalized spacial score (nSPS) is 47.3. The van der Waals surface area contributed by atoms with E-state index in [9.17, 15) is 10.2 Å². The van der Waals surface area contributed by atoms with Crippen molar-refractivity contribution in [3.8, 4) is 0 Å². The van der Waals surface area contributed by atoms with E-state index in [1.807, 2.05) is 0 Å². The second kappa shape index (κ2) is 8.50. The SMILES string of the molecule is C=C1CCC2C(C(N)C3CCN(C)CC3)C(C3(C)CCC(O)CC3CO)CCC12C. The highest BCUT2D eigenvalue weighted by molar-refractivity contribution is 5.22. The number of rotatable bonds is 4. The molecule has 1 aliphatic heterocycles. The Kier molecular flexibility index (Phi) is 6.45. The van der Waals surface area contributed by atoms with Crippen molar-refractivity contribution >= 4 is 0 Å². The van der Waals surface area contributed by atoms with E-state index >= 15 is 0 Å². The Labute approximate surface area is 184 Å². The first-order valence-electron chi connectivity index (χ1n) is 12.6. The van der Waals surface area contributed by atoms with E-state index in [0.29, 0.717) is 23.7 Å². The summed E-state index contributed by atoms with van der Waals surface area (Å²) in [6.45, 7) is 11.9. The summed E-state index contributed by atoms with van der Waals surface area (Å²) >= 11 is 0. The molecule has 3 saturated carbocycles. The van der Waals surface area contributed by atoms with Gasteiger partial charge in [-0.15, -0.1) is 0 Å². The van der Waals surface area contributed by atoms with Crippen LogP contribution in [0, 0.1) is 40.4 Å². The molecule has 0 spiro atoms. The summed E-state index contributed by atoms with van der Waals surface area (Å²) < 4.78 is 0. The van der Waals surface area contributed by atoms with E-state index in [1.165, 1.54) is 37.7 Å². The molecule has 4 nitrogen and oxygen atoms in total. The Morgan fingerprint density at radius 1 is 1.10 bits per heavy atom. The Bertz CT molecular complexity index is 631. The molecular formula is C26H46N2O2. The molecule has 0 bridgehead atoms. The zero-order valence-corrected chi connectivity index (χ0v) is 19.7. The molecule has 8 atom stereocenters. The van der Waals surface area contributed by atoms with Crippen molar-refractivity contribution in [1.82, 2.24) is 4.90 Å². The lowest BCUT2D eigenvalue weighted by atomic mass is 9.47. The predicted molar refractivity (Wildman–Crippen MR) is 123 cm³/mol. The van der Waals surface area contributed by atoms with Crippen LogP contribution in [0.25, 0.3) is 0 Å². The molecule has 0 aromatic carbocycles. The van der Waals surface area contributed by atoms with Crippen LogP contribution < -0.4 is 5.73 Å². The minimum absolute atomic E-state index is 0.0764. The number of aliphatic hydroxyl groups excluding tert-OH is 2. The fourth-order valence-corrected chi connectivity index (χ4v) is 8.31. The van der Waals surface area contributed by atoms with Gasteiger partial charge in [0.25, 0.3) is 0 Å². The number of allylic oxidation sites excluding steroid dienone is 1. The number of nitrogens with two attached hydrogens (primary N) is 1. The first-order valence-corrected chi connectivity index (χ1v) is 12.6. The number of hydrogen-bond donors (Lipinski definition) is 3. The van der Waals surface area contributed by atoms with E-state index in [1.54, 1.807) is 0 Å². The average molecular weight is 419 g/mol. The predicted octanol–water partition coefficient (Wildman–Crippen LogP) is 3.81. The van der Waals surface area contributed by atoms with Gasteiger partial charge in [0.15, 0.2) is 0 Å². The quantitative estimate of drug-likeness (QED) is 0.607. The molecule has 0 radical (unpaired) electrons. The van der Waals surface area contributed by atoms with Crippen LogP contribution in [0.2, 0.25) is 0 Å². The van der Waals surface area contributed by atoms with Gasteiger partial charge < -0.3 is 20.8 Å². The van der Waals surface area contributed by atoms with Crippen LogP contribution in [0.5, 0.6) is 0 Å². The summed E-state index contributed by atoms with van der Waals surface area (Å²) in [7, 11) is 2.23. The van der Waals surface area contributed by atoms with Gasteiger partial charge >= 0.3 is 0 Å². The van der Waals surface area contributed by atoms with Crippen molar-refractivity contribution < 1.29 is 10.2 Å². The monoisotopic (exact) mass is 418 g/mol. The van der Waals surface area contributed by atoms with Crippen LogP contribution in [0.1, 0.15) is 71.6 Å². The Morgan fingerprint density at radius 2 is 1.80 bits per heavy atom. The van der Waals surface area contributed by atoms with Crippen molar-refractivity contribution in [2.45, 2.75) is 83.8 Å². The molecule has 4 N–H and O–H groups in total. The van der Waals surface area contributed by atoms with E-state index in [0.717, 1.165) is 38.8 Å². The zero-order valence-electron chi connectivity index (χ0n) is 19.7. The molecule has 0 amide bonds. The van der Waals surface area contributed by atoms with Gasteiger partial charge in [-0.05, 0) is 118 Å². The summed E-state index contributed by atoms with van der Waals surface area (Å²) in [5.41, 5.74) is 9.01. The molecule has 0 aromatic heterocycles. The summed E-state index contributed by atoms with van der Waals surface area (Å²) in [6, 6.07) is 0.238. The molecule has 8 unspecified atom stereocenters. The third-order valence-corrected chi connectivity index (χ3v) is 10.6. The third-order valence-electron chi connectivity index (χ3n) is 10.6. The fourth-order valence-electron chi connectivity index (χ4n) is 8.31. The smallest absolute Gasteiger partial charge is 0.0544 e. The van der Waals surface area contributed by atoms with Crippen molar-refractivity contribution in [3.05, 3.63) is 12.2 Å². The van der Waals surface area contributed by atoms with Crippen LogP contribution in [0.3, 0.4) is 0 Å². The summed E-state index contributed by atoms with van der Waals surface area (Å²) in [5.74, 6) is 2.47. The topological polar surface area (TPSA) is 69.7 Å². The lowest BCUT2D eigenvalue weighted by Gasteiger charge is -2.58. The molecule has 4 fully saturated rings. The number of nitrogens with zero attached hydrogens (tertiary/aromatic N) is 1. The maximum atomic E-state index is 10.3. The molecule has 172 valence electrons. The number of piperidine rings is 1. The van der Waals surface area contributed by atoms with Crippen LogP contribution in [0.15, 0.2) is 12.2 Å². The van der Waals surface area contributed by atoms with Gasteiger partial charge in [0.1, 0.15) is 0 Å². The molecule has 4 aliphatic rings. The van der Waals surface area contributed by atoms with Crippen molar-refractivity contribution in [1.29, 1.82) is 0 Å². The van der Waals surface area contributed by atoms with Gasteiger partial charge in [-0.2, -0.15) is 0 Å². The van der Waals surface area contributed by atoms with Gasteiger partial charge in [0, 0.05) is 12.6 Å². The largest absolute Gasteiger partial charge is 0.396 e. The van der Waals surface area contributed by atoms with E-state index in [2.05, 4.69) is 32.4 Å². The van der Waals surface area contributed by atoms with Gasteiger partial charge in [0.2, 0.25) is 0 Å². The highest BCUT2D eigenvalue weighted by Crippen LogP contribution is 2.64. The van der Waals surface area contributed by atoms with Crippen molar-refractivity contribution in [3.63, 3.8) is 0 Å². The highest BCUT2D eigenvalue weighted by Gasteiger charge is 2.58. The first-order chi connectivity index (χ1) is 14.2. The molecule has 0 aromatic rings. The second-order valence-corrected chi connectivity index (χ2v) is 11.9. The van der Waals surface area contributed by atoms with Gasteiger partial charge in [0.05, 0.1) is 6.10 Å². The van der Waals surface area contributed by atoms with Gasteiger partial charge in [-0.25, -0.2) is 0 Å². The maximum Gasteiger partial charge on any atom is 0.0544 e. The lowest BCUT2D eigenvalue weighted by molar-refractivity contribution is -0.105. The number of hydrogen-bond acceptors (Lipinski definition) is 4. The molecule has 4 heteroatoms. The van der Waals surface area contributed by atoms with Crippen molar-refractivity contribution in [2.75, 3.05) is 26.7 Å². The highest BCUT2D eigenvalue weighted by atomic mass is 16.3. The Balaban J connectivity index is 1.67. The zero-order chi connectivity index (χ0) is 21.7. The Morgan fingerprint density at radius 3 is 2.47 bits per heavy atom. The second-order valence-electron chi connectivity index (χ2n) is 11.9. The minimum Gasteiger partial charge on any atom is -0.396 e. The standard InChI is InChI=1S/C26H46N2O2/c1-17-5-6-21-23(24(27)18-9-13-28(4)14-10-18)22(8-12-25(17,21)2)26(3)11-7-20(30)15-19(26)16-29/h18-24,29-30H,1,5-16,27H2,2-4H3. The van der Waals surface area contributed by atoms with Crippen LogP contribution in [-0.4, -0.2) is 54.0 Å². The molecule has 1 saturated heterocycles. The maximum absolute atomic E-state index is 10.3. The average Bonchev–Trinajstić information content (AvgIpc) is 3.04. The Hall–Kier alpha value is -0.420. The van der Waals surface area contributed by atoms with Gasteiger partial charge in [-0.3, -0.25) is 0 Å². The molecular weight excluding hydrogens is 372 g/mol. The third kappa shape index (κ3) is 3.70. The van der Waals surface area contributed by atoms with Crippen LogP contribution in [0.4, 0.5) is 0 Å². The van der Waals surface area contributed by atoms with Crippen molar-refractivity contribution in [2.24, 2.45) is 46.2 Å². The van der Waals surface area contributed by atoms with Gasteiger partial charge in [-0.1, -0.05) is 26.0 Å². The number of fused-ring (bicyclic) bond motifs is 1. The van der Waals surface area contributed by atoms with Crippen LogP contribution in [-0.2, 0) is 0 Å². The first kappa shape index (κ1) is 22.8. The number of likely N-dealkylation sites (tertiary alicyclic amines) is 1. The van der Waals surface area contributed by atoms with E-state index in [4.69, 9.17) is 5.73 Å².